The minimum absolute atomic E-state index is 0.101. The highest BCUT2D eigenvalue weighted by Gasteiger charge is 2.40. The van der Waals surface area contributed by atoms with Crippen LogP contribution < -0.4 is 11.1 Å². The zero-order chi connectivity index (χ0) is 15.4. The van der Waals surface area contributed by atoms with Gasteiger partial charge in [-0.05, 0) is 47.0 Å². The molecule has 0 aromatic carbocycles. The van der Waals surface area contributed by atoms with Gasteiger partial charge in [0.2, 0.25) is 11.8 Å². The summed E-state index contributed by atoms with van der Waals surface area (Å²) in [6.07, 6.45) is 3.76. The second kappa shape index (κ2) is 6.57. The Kier molecular flexibility index (Phi) is 5.57. The van der Waals surface area contributed by atoms with E-state index in [9.17, 15) is 9.59 Å². The summed E-state index contributed by atoms with van der Waals surface area (Å²) >= 11 is 0. The molecule has 1 aliphatic rings. The van der Waals surface area contributed by atoms with Crippen molar-refractivity contribution in [2.45, 2.75) is 58.9 Å². The Hall–Kier alpha value is -1.10. The first-order valence-corrected chi connectivity index (χ1v) is 7.51. The molecule has 1 fully saturated rings. The molecular formula is C15H29N3O2. The molecule has 20 heavy (non-hydrogen) atoms. The molecule has 0 bridgehead atoms. The second-order valence-corrected chi connectivity index (χ2v) is 6.79. The van der Waals surface area contributed by atoms with Crippen LogP contribution in [0.3, 0.4) is 0 Å². The van der Waals surface area contributed by atoms with Crippen LogP contribution in [0.1, 0.15) is 53.4 Å². The van der Waals surface area contributed by atoms with Gasteiger partial charge in [-0.15, -0.1) is 0 Å². The number of amides is 2. The Labute approximate surface area is 122 Å². The number of carbonyl (C=O) groups is 2. The van der Waals surface area contributed by atoms with E-state index in [2.05, 4.69) is 5.32 Å². The van der Waals surface area contributed by atoms with Gasteiger partial charge in [0.25, 0.3) is 0 Å². The molecule has 5 nitrogen and oxygen atoms in total. The Morgan fingerprint density at radius 2 is 1.65 bits per heavy atom. The molecule has 0 aromatic rings. The lowest BCUT2D eigenvalue weighted by molar-refractivity contribution is -0.133. The summed E-state index contributed by atoms with van der Waals surface area (Å²) in [6, 6.07) is 0. The molecule has 0 aromatic heterocycles. The van der Waals surface area contributed by atoms with Crippen LogP contribution in [0.15, 0.2) is 0 Å². The second-order valence-electron chi connectivity index (χ2n) is 6.79. The first-order valence-electron chi connectivity index (χ1n) is 7.51. The highest BCUT2D eigenvalue weighted by Crippen LogP contribution is 2.28. The first-order chi connectivity index (χ1) is 9.16. The SMILES string of the molecule is CC(C)(N)C(C)(C)C(=O)NCCC(=O)N1CCCCC1. The number of rotatable bonds is 5. The van der Waals surface area contributed by atoms with E-state index in [0.29, 0.717) is 13.0 Å². The zero-order valence-electron chi connectivity index (χ0n) is 13.3. The number of carbonyl (C=O) groups excluding carboxylic acids is 2. The standard InChI is InChI=1S/C15H29N3O2/c1-14(2,15(3,4)16)13(20)17-9-8-12(19)18-10-6-5-7-11-18/h5-11,16H2,1-4H3,(H,17,20). The Bertz CT molecular complexity index is 353. The third-order valence-corrected chi connectivity index (χ3v) is 4.51. The summed E-state index contributed by atoms with van der Waals surface area (Å²) in [7, 11) is 0. The van der Waals surface area contributed by atoms with Crippen LogP contribution in [-0.4, -0.2) is 41.9 Å². The number of piperidine rings is 1. The van der Waals surface area contributed by atoms with Gasteiger partial charge in [-0.2, -0.15) is 0 Å². The maximum Gasteiger partial charge on any atom is 0.227 e. The third-order valence-electron chi connectivity index (χ3n) is 4.51. The number of nitrogens with zero attached hydrogens (tertiary/aromatic N) is 1. The predicted molar refractivity (Wildman–Crippen MR) is 80.1 cm³/mol. The van der Waals surface area contributed by atoms with Crippen molar-refractivity contribution in [2.24, 2.45) is 11.1 Å². The van der Waals surface area contributed by atoms with Gasteiger partial charge in [-0.3, -0.25) is 9.59 Å². The van der Waals surface area contributed by atoms with E-state index >= 15 is 0 Å². The third kappa shape index (κ3) is 4.20. The van der Waals surface area contributed by atoms with Crippen molar-refractivity contribution < 1.29 is 9.59 Å². The van der Waals surface area contributed by atoms with Crippen molar-refractivity contribution in [1.82, 2.24) is 10.2 Å². The van der Waals surface area contributed by atoms with Crippen molar-refractivity contribution in [2.75, 3.05) is 19.6 Å². The summed E-state index contributed by atoms with van der Waals surface area (Å²) in [6.45, 7) is 9.43. The van der Waals surface area contributed by atoms with Gasteiger partial charge in [-0.25, -0.2) is 0 Å². The highest BCUT2D eigenvalue weighted by atomic mass is 16.2. The van der Waals surface area contributed by atoms with Crippen molar-refractivity contribution in [3.8, 4) is 0 Å². The molecular weight excluding hydrogens is 254 g/mol. The van der Waals surface area contributed by atoms with E-state index in [1.54, 1.807) is 0 Å². The molecule has 2 amide bonds. The normalized spacial score (nSPS) is 16.9. The summed E-state index contributed by atoms with van der Waals surface area (Å²) in [5.74, 6) is 0.0336. The molecule has 0 unspecified atom stereocenters. The minimum Gasteiger partial charge on any atom is -0.355 e. The molecule has 1 rings (SSSR count). The molecule has 0 atom stereocenters. The van der Waals surface area contributed by atoms with Crippen molar-refractivity contribution >= 4 is 11.8 Å². The van der Waals surface area contributed by atoms with Gasteiger partial charge in [0.05, 0.1) is 5.41 Å². The molecule has 116 valence electrons. The predicted octanol–water partition coefficient (Wildman–Crippen LogP) is 1.27. The van der Waals surface area contributed by atoms with Gasteiger partial charge in [0.15, 0.2) is 0 Å². The molecule has 1 aliphatic heterocycles. The zero-order valence-corrected chi connectivity index (χ0v) is 13.3. The van der Waals surface area contributed by atoms with Gasteiger partial charge in [-0.1, -0.05) is 0 Å². The molecule has 0 spiro atoms. The van der Waals surface area contributed by atoms with Crippen LogP contribution in [-0.2, 0) is 9.59 Å². The summed E-state index contributed by atoms with van der Waals surface area (Å²) in [5, 5.41) is 2.83. The van der Waals surface area contributed by atoms with Gasteiger partial charge in [0.1, 0.15) is 0 Å². The summed E-state index contributed by atoms with van der Waals surface area (Å²) in [5.41, 5.74) is 4.76. The molecule has 3 N–H and O–H groups in total. The van der Waals surface area contributed by atoms with Crippen LogP contribution in [0.4, 0.5) is 0 Å². The smallest absolute Gasteiger partial charge is 0.227 e. The van der Waals surface area contributed by atoms with Crippen LogP contribution in [0.5, 0.6) is 0 Å². The molecule has 0 saturated carbocycles. The van der Waals surface area contributed by atoms with Crippen LogP contribution in [0.25, 0.3) is 0 Å². The van der Waals surface area contributed by atoms with E-state index in [1.807, 2.05) is 32.6 Å². The molecule has 0 aliphatic carbocycles. The number of likely N-dealkylation sites (tertiary alicyclic amines) is 1. The molecule has 1 heterocycles. The first kappa shape index (κ1) is 17.0. The Morgan fingerprint density at radius 3 is 2.15 bits per heavy atom. The monoisotopic (exact) mass is 283 g/mol. The number of nitrogens with two attached hydrogens (primary N) is 1. The van der Waals surface area contributed by atoms with Gasteiger partial charge < -0.3 is 16.0 Å². The fourth-order valence-electron chi connectivity index (χ4n) is 2.10. The largest absolute Gasteiger partial charge is 0.355 e. The van der Waals surface area contributed by atoms with Gasteiger partial charge in [0, 0.05) is 31.6 Å². The van der Waals surface area contributed by atoms with E-state index in [1.165, 1.54) is 6.42 Å². The lowest BCUT2D eigenvalue weighted by Crippen LogP contribution is -2.55. The number of hydrogen-bond donors (Lipinski definition) is 2. The van der Waals surface area contributed by atoms with E-state index < -0.39 is 11.0 Å². The fourth-order valence-corrected chi connectivity index (χ4v) is 2.10. The van der Waals surface area contributed by atoms with Crippen molar-refractivity contribution in [3.63, 3.8) is 0 Å². The number of nitrogens with one attached hydrogen (secondary N) is 1. The summed E-state index contributed by atoms with van der Waals surface area (Å²) in [4.78, 5) is 26.0. The topological polar surface area (TPSA) is 75.4 Å². The Balaban J connectivity index is 2.36. The Morgan fingerprint density at radius 1 is 1.10 bits per heavy atom. The van der Waals surface area contributed by atoms with Crippen LogP contribution in [0, 0.1) is 5.41 Å². The molecule has 1 saturated heterocycles. The average Bonchev–Trinajstić information content (AvgIpc) is 2.38. The minimum atomic E-state index is -0.666. The maximum atomic E-state index is 12.2. The van der Waals surface area contributed by atoms with E-state index in [-0.39, 0.29) is 11.8 Å². The molecule has 0 radical (unpaired) electrons. The summed E-state index contributed by atoms with van der Waals surface area (Å²) < 4.78 is 0. The van der Waals surface area contributed by atoms with Crippen LogP contribution in [0.2, 0.25) is 0 Å². The van der Waals surface area contributed by atoms with Crippen molar-refractivity contribution in [1.29, 1.82) is 0 Å². The highest BCUT2D eigenvalue weighted by molar-refractivity contribution is 5.84. The lowest BCUT2D eigenvalue weighted by atomic mass is 9.74. The molecule has 5 heteroatoms. The van der Waals surface area contributed by atoms with Gasteiger partial charge >= 0.3 is 0 Å². The quantitative estimate of drug-likeness (QED) is 0.798. The fraction of sp³-hybridized carbons (Fsp3) is 0.867. The maximum absolute atomic E-state index is 12.2. The van der Waals surface area contributed by atoms with Crippen molar-refractivity contribution in [3.05, 3.63) is 0 Å². The van der Waals surface area contributed by atoms with E-state index in [4.69, 9.17) is 5.73 Å². The lowest BCUT2D eigenvalue weighted by Gasteiger charge is -2.37. The average molecular weight is 283 g/mol. The van der Waals surface area contributed by atoms with E-state index in [0.717, 1.165) is 25.9 Å². The van der Waals surface area contributed by atoms with Crippen LogP contribution >= 0.6 is 0 Å². The number of hydrogen-bond acceptors (Lipinski definition) is 3.